The Labute approximate surface area is 148 Å². The molecular weight excluding hydrogens is 316 g/mol. The predicted octanol–water partition coefficient (Wildman–Crippen LogP) is 2.83. The maximum atomic E-state index is 12.4. The molecule has 1 fully saturated rings. The Bertz CT molecular complexity index is 702. The number of rotatable bonds is 6. The molecule has 132 valence electrons. The molecule has 0 unspecified atom stereocenters. The van der Waals surface area contributed by atoms with Gasteiger partial charge in [0.1, 0.15) is 5.75 Å². The van der Waals surface area contributed by atoms with Crippen molar-refractivity contribution in [3.63, 3.8) is 0 Å². The molecule has 6 nitrogen and oxygen atoms in total. The Morgan fingerprint density at radius 3 is 2.84 bits per heavy atom. The van der Waals surface area contributed by atoms with Crippen LogP contribution in [-0.4, -0.2) is 53.6 Å². The van der Waals surface area contributed by atoms with Crippen LogP contribution >= 0.6 is 0 Å². The van der Waals surface area contributed by atoms with Crippen LogP contribution in [0.15, 0.2) is 48.8 Å². The molecule has 1 aromatic heterocycles. The molecule has 1 aliphatic heterocycles. The zero-order chi connectivity index (χ0) is 17.6. The minimum atomic E-state index is -0.0850. The molecule has 0 atom stereocenters. The van der Waals surface area contributed by atoms with E-state index >= 15 is 0 Å². The van der Waals surface area contributed by atoms with E-state index in [2.05, 4.69) is 28.3 Å². The van der Waals surface area contributed by atoms with Gasteiger partial charge in [-0.05, 0) is 37.7 Å². The average Bonchev–Trinajstić information content (AvgIpc) is 2.56. The van der Waals surface area contributed by atoms with Crippen molar-refractivity contribution >= 4 is 11.7 Å². The second kappa shape index (κ2) is 7.98. The smallest absolute Gasteiger partial charge is 0.322 e. The number of urea groups is 1. The number of benzene rings is 1. The Morgan fingerprint density at radius 2 is 2.12 bits per heavy atom. The number of likely N-dealkylation sites (N-methyl/N-ethyl adjacent to an activating group) is 1. The number of aromatic nitrogens is 1. The molecule has 1 N–H and O–H groups in total. The number of amides is 2. The Hall–Kier alpha value is -2.60. The largest absolute Gasteiger partial charge is 0.492 e. The SMILES string of the molecule is CCOc1ccccc1NC(=O)N1CC(N(C)Cc2cccnc2)C1. The second-order valence-corrected chi connectivity index (χ2v) is 6.19. The number of anilines is 1. The highest BCUT2D eigenvalue weighted by Gasteiger charge is 2.33. The van der Waals surface area contributed by atoms with Crippen LogP contribution in [-0.2, 0) is 6.54 Å². The van der Waals surface area contributed by atoms with Gasteiger partial charge in [-0.2, -0.15) is 0 Å². The first kappa shape index (κ1) is 17.2. The fourth-order valence-electron chi connectivity index (χ4n) is 2.85. The van der Waals surface area contributed by atoms with Crippen molar-refractivity contribution in [3.05, 3.63) is 54.4 Å². The number of para-hydroxylation sites is 2. The maximum Gasteiger partial charge on any atom is 0.322 e. The van der Waals surface area contributed by atoms with Gasteiger partial charge in [0.25, 0.3) is 0 Å². The van der Waals surface area contributed by atoms with E-state index in [0.29, 0.717) is 24.1 Å². The van der Waals surface area contributed by atoms with E-state index < -0.39 is 0 Å². The third-order valence-electron chi connectivity index (χ3n) is 4.36. The number of carbonyl (C=O) groups is 1. The van der Waals surface area contributed by atoms with Gasteiger partial charge in [0, 0.05) is 38.1 Å². The van der Waals surface area contributed by atoms with E-state index in [0.717, 1.165) is 19.6 Å². The molecule has 2 heterocycles. The summed E-state index contributed by atoms with van der Waals surface area (Å²) < 4.78 is 5.55. The Kier molecular flexibility index (Phi) is 5.50. The van der Waals surface area contributed by atoms with E-state index in [1.807, 2.05) is 48.4 Å². The van der Waals surface area contributed by atoms with Crippen LogP contribution in [0.3, 0.4) is 0 Å². The van der Waals surface area contributed by atoms with Gasteiger partial charge in [0.15, 0.2) is 0 Å². The number of hydrogen-bond acceptors (Lipinski definition) is 4. The lowest BCUT2D eigenvalue weighted by Crippen LogP contribution is -2.60. The van der Waals surface area contributed by atoms with Crippen LogP contribution in [0, 0.1) is 0 Å². The standard InChI is InChI=1S/C19H24N4O2/c1-3-25-18-9-5-4-8-17(18)21-19(24)23-13-16(14-23)22(2)12-15-7-6-10-20-11-15/h4-11,16H,3,12-14H2,1-2H3,(H,21,24). The van der Waals surface area contributed by atoms with Crippen molar-refractivity contribution in [2.75, 3.05) is 32.1 Å². The molecule has 0 aliphatic carbocycles. The van der Waals surface area contributed by atoms with Crippen molar-refractivity contribution in [1.29, 1.82) is 0 Å². The number of ether oxygens (including phenoxy) is 1. The monoisotopic (exact) mass is 340 g/mol. The van der Waals surface area contributed by atoms with Crippen LogP contribution in [0.4, 0.5) is 10.5 Å². The number of nitrogens with one attached hydrogen (secondary N) is 1. The summed E-state index contributed by atoms with van der Waals surface area (Å²) >= 11 is 0. The van der Waals surface area contributed by atoms with E-state index in [1.54, 1.807) is 6.20 Å². The summed E-state index contributed by atoms with van der Waals surface area (Å²) in [6.45, 7) is 4.77. The van der Waals surface area contributed by atoms with E-state index in [-0.39, 0.29) is 6.03 Å². The van der Waals surface area contributed by atoms with E-state index in [1.165, 1.54) is 5.56 Å². The fourth-order valence-corrected chi connectivity index (χ4v) is 2.85. The number of hydrogen-bond donors (Lipinski definition) is 1. The first-order valence-electron chi connectivity index (χ1n) is 8.54. The summed E-state index contributed by atoms with van der Waals surface area (Å²) in [5, 5.41) is 2.94. The molecule has 25 heavy (non-hydrogen) atoms. The summed E-state index contributed by atoms with van der Waals surface area (Å²) in [4.78, 5) is 20.6. The molecule has 6 heteroatoms. The minimum Gasteiger partial charge on any atom is -0.492 e. The van der Waals surface area contributed by atoms with Gasteiger partial charge < -0.3 is 15.0 Å². The number of nitrogens with zero attached hydrogens (tertiary/aromatic N) is 3. The summed E-state index contributed by atoms with van der Waals surface area (Å²) in [6, 6.07) is 11.8. The third-order valence-corrected chi connectivity index (χ3v) is 4.36. The summed E-state index contributed by atoms with van der Waals surface area (Å²) in [6.07, 6.45) is 3.66. The Balaban J connectivity index is 1.50. The zero-order valence-corrected chi connectivity index (χ0v) is 14.7. The number of pyridine rings is 1. The molecule has 1 saturated heterocycles. The average molecular weight is 340 g/mol. The third kappa shape index (κ3) is 4.28. The minimum absolute atomic E-state index is 0.0850. The summed E-state index contributed by atoms with van der Waals surface area (Å²) in [5.74, 6) is 0.698. The highest BCUT2D eigenvalue weighted by Crippen LogP contribution is 2.25. The Morgan fingerprint density at radius 1 is 1.32 bits per heavy atom. The number of carbonyl (C=O) groups excluding carboxylic acids is 1. The van der Waals surface area contributed by atoms with Crippen LogP contribution < -0.4 is 10.1 Å². The highest BCUT2D eigenvalue weighted by molar-refractivity contribution is 5.91. The molecule has 0 saturated carbocycles. The number of likely N-dealkylation sites (tertiary alicyclic amines) is 1. The van der Waals surface area contributed by atoms with Crippen molar-refractivity contribution < 1.29 is 9.53 Å². The van der Waals surface area contributed by atoms with Gasteiger partial charge >= 0.3 is 6.03 Å². The quantitative estimate of drug-likeness (QED) is 0.878. The van der Waals surface area contributed by atoms with Crippen molar-refractivity contribution in [1.82, 2.24) is 14.8 Å². The van der Waals surface area contributed by atoms with Crippen molar-refractivity contribution in [3.8, 4) is 5.75 Å². The molecule has 1 aromatic carbocycles. The van der Waals surface area contributed by atoms with Crippen molar-refractivity contribution in [2.45, 2.75) is 19.5 Å². The van der Waals surface area contributed by atoms with Gasteiger partial charge in [-0.3, -0.25) is 9.88 Å². The lowest BCUT2D eigenvalue weighted by Gasteiger charge is -2.43. The summed E-state index contributed by atoms with van der Waals surface area (Å²) in [5.41, 5.74) is 1.89. The molecular formula is C19H24N4O2. The van der Waals surface area contributed by atoms with Gasteiger partial charge in [0.2, 0.25) is 0 Å². The predicted molar refractivity (Wildman–Crippen MR) is 97.7 cm³/mol. The second-order valence-electron chi connectivity index (χ2n) is 6.19. The molecule has 2 aromatic rings. The van der Waals surface area contributed by atoms with Crippen molar-refractivity contribution in [2.24, 2.45) is 0 Å². The lowest BCUT2D eigenvalue weighted by atomic mass is 10.1. The first-order valence-corrected chi connectivity index (χ1v) is 8.54. The lowest BCUT2D eigenvalue weighted by molar-refractivity contribution is 0.0743. The molecule has 0 radical (unpaired) electrons. The zero-order valence-electron chi connectivity index (χ0n) is 14.7. The molecule has 1 aliphatic rings. The summed E-state index contributed by atoms with van der Waals surface area (Å²) in [7, 11) is 2.08. The van der Waals surface area contributed by atoms with E-state index in [9.17, 15) is 4.79 Å². The van der Waals surface area contributed by atoms with Crippen LogP contribution in [0.1, 0.15) is 12.5 Å². The molecule has 3 rings (SSSR count). The fraction of sp³-hybridized carbons (Fsp3) is 0.368. The molecule has 2 amide bonds. The normalized spacial score (nSPS) is 14.3. The highest BCUT2D eigenvalue weighted by atomic mass is 16.5. The molecule has 0 bridgehead atoms. The topological polar surface area (TPSA) is 57.7 Å². The van der Waals surface area contributed by atoms with E-state index in [4.69, 9.17) is 4.74 Å². The van der Waals surface area contributed by atoms with Gasteiger partial charge in [-0.15, -0.1) is 0 Å². The van der Waals surface area contributed by atoms with Crippen LogP contribution in [0.2, 0.25) is 0 Å². The van der Waals surface area contributed by atoms with Gasteiger partial charge in [0.05, 0.1) is 12.3 Å². The van der Waals surface area contributed by atoms with Crippen LogP contribution in [0.5, 0.6) is 5.75 Å². The van der Waals surface area contributed by atoms with Gasteiger partial charge in [-0.1, -0.05) is 18.2 Å². The maximum absolute atomic E-state index is 12.4. The van der Waals surface area contributed by atoms with Gasteiger partial charge in [-0.25, -0.2) is 4.79 Å². The van der Waals surface area contributed by atoms with Crippen LogP contribution in [0.25, 0.3) is 0 Å². The first-order chi connectivity index (χ1) is 12.2. The molecule has 0 spiro atoms.